The molecule has 0 aliphatic carbocycles. The first-order chi connectivity index (χ1) is 6.91. The lowest BCUT2D eigenvalue weighted by Crippen LogP contribution is -2.34. The Balaban J connectivity index is 2.95. The minimum absolute atomic E-state index is 0.125. The second-order valence-corrected chi connectivity index (χ2v) is 4.20. The zero-order valence-electron chi connectivity index (χ0n) is 9.40. The van der Waals surface area contributed by atoms with E-state index >= 15 is 0 Å². The van der Waals surface area contributed by atoms with E-state index in [2.05, 4.69) is 35.7 Å². The molecule has 1 atom stereocenters. The highest BCUT2D eigenvalue weighted by atomic mass is 35.5. The number of nitrogen functional groups attached to an aromatic ring is 1. The molecule has 0 aromatic carbocycles. The Hall–Kier alpha value is -1.10. The summed E-state index contributed by atoms with van der Waals surface area (Å²) >= 11 is 5.71. The fraction of sp³-hybridized carbons (Fsp3) is 0.667. The molecule has 1 aromatic heterocycles. The van der Waals surface area contributed by atoms with Gasteiger partial charge in [0.05, 0.1) is 0 Å². The summed E-state index contributed by atoms with van der Waals surface area (Å²) in [5, 5.41) is 0.125. The number of rotatable bonds is 3. The van der Waals surface area contributed by atoms with E-state index in [1.165, 1.54) is 0 Å². The minimum atomic E-state index is 0.125. The van der Waals surface area contributed by atoms with Crippen LogP contribution >= 0.6 is 11.6 Å². The highest BCUT2D eigenvalue weighted by molar-refractivity contribution is 6.28. The summed E-state index contributed by atoms with van der Waals surface area (Å²) in [7, 11) is 1.91. The van der Waals surface area contributed by atoms with Crippen LogP contribution in [-0.4, -0.2) is 28.0 Å². The van der Waals surface area contributed by atoms with E-state index in [0.29, 0.717) is 17.9 Å². The fourth-order valence-corrected chi connectivity index (χ4v) is 1.30. The Labute approximate surface area is 94.7 Å². The lowest BCUT2D eigenvalue weighted by molar-refractivity contribution is 0.499. The molecule has 15 heavy (non-hydrogen) atoms. The van der Waals surface area contributed by atoms with Crippen molar-refractivity contribution < 1.29 is 0 Å². The van der Waals surface area contributed by atoms with Crippen LogP contribution < -0.4 is 10.6 Å². The molecule has 0 aliphatic rings. The molecule has 1 aromatic rings. The first-order valence-electron chi connectivity index (χ1n) is 4.81. The van der Waals surface area contributed by atoms with Crippen LogP contribution in [0.2, 0.25) is 5.28 Å². The monoisotopic (exact) mass is 229 g/mol. The van der Waals surface area contributed by atoms with Gasteiger partial charge in [-0.2, -0.15) is 15.0 Å². The Morgan fingerprint density at radius 2 is 1.80 bits per heavy atom. The van der Waals surface area contributed by atoms with Crippen LogP contribution in [0.25, 0.3) is 0 Å². The van der Waals surface area contributed by atoms with Crippen LogP contribution in [0.1, 0.15) is 20.8 Å². The molecule has 1 unspecified atom stereocenters. The maximum Gasteiger partial charge on any atom is 0.231 e. The number of aromatic nitrogens is 3. The van der Waals surface area contributed by atoms with Gasteiger partial charge in [-0.15, -0.1) is 0 Å². The Morgan fingerprint density at radius 1 is 1.20 bits per heavy atom. The van der Waals surface area contributed by atoms with Crippen molar-refractivity contribution in [3.05, 3.63) is 5.28 Å². The Kier molecular flexibility index (Phi) is 3.68. The van der Waals surface area contributed by atoms with Crippen molar-refractivity contribution in [2.75, 3.05) is 17.7 Å². The normalized spacial score (nSPS) is 12.9. The maximum atomic E-state index is 5.71. The molecule has 1 heterocycles. The van der Waals surface area contributed by atoms with Gasteiger partial charge in [-0.3, -0.25) is 0 Å². The van der Waals surface area contributed by atoms with Gasteiger partial charge in [0.2, 0.25) is 17.2 Å². The fourth-order valence-electron chi connectivity index (χ4n) is 1.14. The number of nitrogens with two attached hydrogens (primary N) is 1. The van der Waals surface area contributed by atoms with Crippen molar-refractivity contribution in [3.63, 3.8) is 0 Å². The molecular formula is C9H16ClN5. The lowest BCUT2D eigenvalue weighted by atomic mass is 10.1. The molecular weight excluding hydrogens is 214 g/mol. The van der Waals surface area contributed by atoms with Gasteiger partial charge in [0.15, 0.2) is 0 Å². The molecule has 0 amide bonds. The van der Waals surface area contributed by atoms with Crippen molar-refractivity contribution in [1.29, 1.82) is 0 Å². The van der Waals surface area contributed by atoms with Gasteiger partial charge in [0, 0.05) is 13.1 Å². The first-order valence-corrected chi connectivity index (χ1v) is 5.19. The predicted molar refractivity (Wildman–Crippen MR) is 62.0 cm³/mol. The van der Waals surface area contributed by atoms with Crippen LogP contribution in [-0.2, 0) is 0 Å². The van der Waals surface area contributed by atoms with Gasteiger partial charge in [-0.05, 0) is 24.4 Å². The van der Waals surface area contributed by atoms with Crippen LogP contribution in [0, 0.1) is 5.92 Å². The van der Waals surface area contributed by atoms with Crippen LogP contribution in [0.5, 0.6) is 0 Å². The number of hydrogen-bond donors (Lipinski definition) is 1. The molecule has 0 spiro atoms. The van der Waals surface area contributed by atoms with Crippen molar-refractivity contribution in [2.24, 2.45) is 5.92 Å². The van der Waals surface area contributed by atoms with Crippen molar-refractivity contribution in [2.45, 2.75) is 26.8 Å². The molecule has 0 saturated heterocycles. The lowest BCUT2D eigenvalue weighted by Gasteiger charge is -2.27. The summed E-state index contributed by atoms with van der Waals surface area (Å²) < 4.78 is 0. The average Bonchev–Trinajstić information content (AvgIpc) is 2.13. The zero-order valence-corrected chi connectivity index (χ0v) is 10.2. The third-order valence-electron chi connectivity index (χ3n) is 2.50. The molecule has 0 saturated carbocycles. The third-order valence-corrected chi connectivity index (χ3v) is 2.67. The number of nitrogens with zero attached hydrogens (tertiary/aromatic N) is 4. The zero-order chi connectivity index (χ0) is 11.6. The maximum absolute atomic E-state index is 5.71. The van der Waals surface area contributed by atoms with Crippen LogP contribution in [0.3, 0.4) is 0 Å². The number of hydrogen-bond acceptors (Lipinski definition) is 5. The summed E-state index contributed by atoms with van der Waals surface area (Å²) in [6.07, 6.45) is 0. The smallest absolute Gasteiger partial charge is 0.231 e. The molecule has 0 fully saturated rings. The molecule has 0 bridgehead atoms. The van der Waals surface area contributed by atoms with E-state index in [-0.39, 0.29) is 11.2 Å². The molecule has 84 valence electrons. The molecule has 6 heteroatoms. The van der Waals surface area contributed by atoms with Crippen molar-refractivity contribution in [1.82, 2.24) is 15.0 Å². The topological polar surface area (TPSA) is 67.9 Å². The van der Waals surface area contributed by atoms with Crippen LogP contribution in [0.4, 0.5) is 11.9 Å². The standard InChI is InChI=1S/C9H16ClN5/c1-5(2)6(3)15(4)9-13-7(10)12-8(11)14-9/h5-6H,1-4H3,(H2,11,12,13,14). The summed E-state index contributed by atoms with van der Waals surface area (Å²) in [5.74, 6) is 1.15. The Morgan fingerprint density at radius 3 is 2.27 bits per heavy atom. The third kappa shape index (κ3) is 2.92. The average molecular weight is 230 g/mol. The molecule has 0 radical (unpaired) electrons. The van der Waals surface area contributed by atoms with Gasteiger partial charge in [0.25, 0.3) is 0 Å². The summed E-state index contributed by atoms with van der Waals surface area (Å²) in [5.41, 5.74) is 5.50. The van der Waals surface area contributed by atoms with Crippen LogP contribution in [0.15, 0.2) is 0 Å². The van der Waals surface area contributed by atoms with Crippen molar-refractivity contribution in [3.8, 4) is 0 Å². The molecule has 0 aliphatic heterocycles. The highest BCUT2D eigenvalue weighted by Crippen LogP contribution is 2.16. The predicted octanol–water partition coefficient (Wildman–Crippen LogP) is 1.59. The summed E-state index contributed by atoms with van der Waals surface area (Å²) in [6, 6.07) is 0.308. The van der Waals surface area contributed by atoms with E-state index in [1.807, 2.05) is 11.9 Å². The van der Waals surface area contributed by atoms with E-state index in [1.54, 1.807) is 0 Å². The van der Waals surface area contributed by atoms with E-state index < -0.39 is 0 Å². The van der Waals surface area contributed by atoms with E-state index in [4.69, 9.17) is 17.3 Å². The molecule has 2 N–H and O–H groups in total. The summed E-state index contributed by atoms with van der Waals surface area (Å²) in [4.78, 5) is 13.7. The van der Waals surface area contributed by atoms with E-state index in [9.17, 15) is 0 Å². The van der Waals surface area contributed by atoms with Gasteiger partial charge >= 0.3 is 0 Å². The molecule has 5 nitrogen and oxygen atoms in total. The first kappa shape index (κ1) is 12.0. The number of anilines is 2. The molecule has 1 rings (SSSR count). The van der Waals surface area contributed by atoms with Gasteiger partial charge in [-0.25, -0.2) is 0 Å². The quantitative estimate of drug-likeness (QED) is 0.853. The largest absolute Gasteiger partial charge is 0.368 e. The SMILES string of the molecule is CC(C)C(C)N(C)c1nc(N)nc(Cl)n1. The second-order valence-electron chi connectivity index (χ2n) is 3.86. The highest BCUT2D eigenvalue weighted by Gasteiger charge is 2.16. The second kappa shape index (κ2) is 4.61. The van der Waals surface area contributed by atoms with Gasteiger partial charge in [-0.1, -0.05) is 13.8 Å². The number of halogens is 1. The van der Waals surface area contributed by atoms with E-state index in [0.717, 1.165) is 0 Å². The van der Waals surface area contributed by atoms with Gasteiger partial charge < -0.3 is 10.6 Å². The van der Waals surface area contributed by atoms with Crippen molar-refractivity contribution >= 4 is 23.5 Å². The van der Waals surface area contributed by atoms with Gasteiger partial charge in [0.1, 0.15) is 0 Å². The minimum Gasteiger partial charge on any atom is -0.368 e. The Bertz CT molecular complexity index is 321. The summed E-state index contributed by atoms with van der Waals surface area (Å²) in [6.45, 7) is 6.36.